The van der Waals surface area contributed by atoms with Crippen LogP contribution in [-0.2, 0) is 0 Å². The van der Waals surface area contributed by atoms with E-state index >= 15 is 0 Å². The lowest BCUT2D eigenvalue weighted by Gasteiger charge is -2.11. The molecule has 2 nitrogen and oxygen atoms in total. The van der Waals surface area contributed by atoms with E-state index in [0.29, 0.717) is 0 Å². The second-order valence-electron chi connectivity index (χ2n) is 9.48. The lowest BCUT2D eigenvalue weighted by molar-refractivity contribution is 1.18. The van der Waals surface area contributed by atoms with Gasteiger partial charge < -0.3 is 9.55 Å². The van der Waals surface area contributed by atoms with Crippen LogP contribution in [0.4, 0.5) is 0 Å². The quantitative estimate of drug-likeness (QED) is 0.266. The zero-order chi connectivity index (χ0) is 23.6. The molecule has 2 aromatic heterocycles. The summed E-state index contributed by atoms with van der Waals surface area (Å²) >= 11 is 0. The molecule has 0 aliphatic carbocycles. The minimum absolute atomic E-state index is 1.18. The summed E-state index contributed by atoms with van der Waals surface area (Å²) in [7, 11) is 0. The van der Waals surface area contributed by atoms with Gasteiger partial charge in [-0.05, 0) is 59.0 Å². The predicted octanol–water partition coefficient (Wildman–Crippen LogP) is 9.24. The number of hydrogen-bond donors (Lipinski definition) is 1. The van der Waals surface area contributed by atoms with E-state index in [1.807, 2.05) is 0 Å². The van der Waals surface area contributed by atoms with Crippen LogP contribution in [0.15, 0.2) is 127 Å². The monoisotopic (exact) mass is 458 g/mol. The van der Waals surface area contributed by atoms with Gasteiger partial charge in [-0.15, -0.1) is 0 Å². The van der Waals surface area contributed by atoms with E-state index in [4.69, 9.17) is 0 Å². The number of para-hydroxylation sites is 3. The van der Waals surface area contributed by atoms with Crippen molar-refractivity contribution in [2.24, 2.45) is 0 Å². The molecule has 8 rings (SSSR count). The highest BCUT2D eigenvalue weighted by Gasteiger charge is 2.16. The molecule has 0 radical (unpaired) electrons. The fourth-order valence-electron chi connectivity index (χ4n) is 5.92. The lowest BCUT2D eigenvalue weighted by Crippen LogP contribution is -1.92. The Bertz CT molecular complexity index is 2090. The number of hydrogen-bond acceptors (Lipinski definition) is 0. The van der Waals surface area contributed by atoms with Gasteiger partial charge in [0.2, 0.25) is 0 Å². The third-order valence-corrected chi connectivity index (χ3v) is 7.52. The number of H-pyrrole nitrogens is 1. The molecule has 6 aromatic carbocycles. The van der Waals surface area contributed by atoms with Crippen molar-refractivity contribution in [1.29, 1.82) is 0 Å². The topological polar surface area (TPSA) is 20.7 Å². The zero-order valence-corrected chi connectivity index (χ0v) is 19.6. The van der Waals surface area contributed by atoms with E-state index in [-0.39, 0.29) is 0 Å². The van der Waals surface area contributed by atoms with Crippen LogP contribution in [0.2, 0.25) is 0 Å². The minimum Gasteiger partial charge on any atom is -0.354 e. The third-order valence-electron chi connectivity index (χ3n) is 7.52. The summed E-state index contributed by atoms with van der Waals surface area (Å²) in [5.74, 6) is 0. The van der Waals surface area contributed by atoms with E-state index in [1.54, 1.807) is 0 Å². The van der Waals surface area contributed by atoms with Crippen LogP contribution < -0.4 is 0 Å². The summed E-state index contributed by atoms with van der Waals surface area (Å²) in [5.41, 5.74) is 8.52. The van der Waals surface area contributed by atoms with Crippen molar-refractivity contribution < 1.29 is 0 Å². The van der Waals surface area contributed by atoms with Gasteiger partial charge in [0.25, 0.3) is 0 Å². The summed E-state index contributed by atoms with van der Waals surface area (Å²) in [6.45, 7) is 0. The van der Waals surface area contributed by atoms with Crippen LogP contribution in [0.3, 0.4) is 0 Å². The maximum Gasteiger partial charge on any atom is 0.0544 e. The highest BCUT2D eigenvalue weighted by atomic mass is 15.0. The SMILES string of the molecule is c1ccc(-n2c3ccccc3c3cc(-c4cc5c6ccccc6[nH]c5c5ccccc45)ccc32)cc1. The molecule has 0 saturated carbocycles. The van der Waals surface area contributed by atoms with Gasteiger partial charge >= 0.3 is 0 Å². The molecule has 0 bridgehead atoms. The molecule has 0 atom stereocenters. The standard InChI is InChI=1S/C34H22N2/c1-2-10-23(11-3-1)36-32-17-9-7-14-26(32)29-20-22(18-19-33(29)36)28-21-30-25-13-6-8-16-31(25)35-34(30)27-15-5-4-12-24(27)28/h1-21,35H. The summed E-state index contributed by atoms with van der Waals surface area (Å²) in [5, 5.41) is 7.61. The van der Waals surface area contributed by atoms with Gasteiger partial charge in [0.15, 0.2) is 0 Å². The normalized spacial score (nSPS) is 11.9. The van der Waals surface area contributed by atoms with E-state index < -0.39 is 0 Å². The Morgan fingerprint density at radius 1 is 0.444 bits per heavy atom. The molecule has 0 aliphatic heterocycles. The first-order valence-corrected chi connectivity index (χ1v) is 12.4. The molecule has 0 amide bonds. The van der Waals surface area contributed by atoms with Gasteiger partial charge in [-0.2, -0.15) is 0 Å². The van der Waals surface area contributed by atoms with Crippen molar-refractivity contribution in [3.8, 4) is 16.8 Å². The number of aromatic nitrogens is 2. The summed E-state index contributed by atoms with van der Waals surface area (Å²) in [4.78, 5) is 3.67. The average Bonchev–Trinajstić information content (AvgIpc) is 3.49. The second kappa shape index (κ2) is 7.34. The maximum atomic E-state index is 3.67. The van der Waals surface area contributed by atoms with Crippen LogP contribution >= 0.6 is 0 Å². The number of nitrogens with zero attached hydrogens (tertiary/aromatic N) is 1. The Morgan fingerprint density at radius 3 is 1.97 bits per heavy atom. The molecule has 36 heavy (non-hydrogen) atoms. The van der Waals surface area contributed by atoms with Crippen LogP contribution in [0.1, 0.15) is 0 Å². The Morgan fingerprint density at radius 2 is 1.11 bits per heavy atom. The largest absolute Gasteiger partial charge is 0.354 e. The molecular formula is C34H22N2. The fourth-order valence-corrected chi connectivity index (χ4v) is 5.92. The van der Waals surface area contributed by atoms with Gasteiger partial charge in [-0.1, -0.05) is 84.9 Å². The van der Waals surface area contributed by atoms with E-state index in [2.05, 4.69) is 137 Å². The fraction of sp³-hybridized carbons (Fsp3) is 0. The van der Waals surface area contributed by atoms with Crippen LogP contribution in [-0.4, -0.2) is 9.55 Å². The Hall–Kier alpha value is -4.82. The van der Waals surface area contributed by atoms with Crippen LogP contribution in [0.5, 0.6) is 0 Å². The van der Waals surface area contributed by atoms with Gasteiger partial charge in [0.05, 0.1) is 16.6 Å². The number of rotatable bonds is 2. The molecule has 0 unspecified atom stereocenters. The Kier molecular flexibility index (Phi) is 3.97. The molecule has 0 fully saturated rings. The van der Waals surface area contributed by atoms with E-state index in [9.17, 15) is 0 Å². The maximum absolute atomic E-state index is 3.67. The first-order chi connectivity index (χ1) is 17.9. The molecular weight excluding hydrogens is 436 g/mol. The van der Waals surface area contributed by atoms with Gasteiger partial charge in [0.1, 0.15) is 0 Å². The molecule has 0 spiro atoms. The van der Waals surface area contributed by atoms with Crippen molar-refractivity contribution in [3.05, 3.63) is 127 Å². The van der Waals surface area contributed by atoms with Crippen molar-refractivity contribution in [1.82, 2.24) is 9.55 Å². The lowest BCUT2D eigenvalue weighted by atomic mass is 9.94. The summed E-state index contributed by atoms with van der Waals surface area (Å²) in [6.07, 6.45) is 0. The Balaban J connectivity index is 1.47. The number of fused-ring (bicyclic) bond motifs is 8. The molecule has 0 saturated heterocycles. The summed E-state index contributed by atoms with van der Waals surface area (Å²) < 4.78 is 2.37. The van der Waals surface area contributed by atoms with Crippen LogP contribution in [0.25, 0.3) is 71.2 Å². The van der Waals surface area contributed by atoms with Crippen LogP contribution in [0, 0.1) is 0 Å². The van der Waals surface area contributed by atoms with Gasteiger partial charge in [-0.25, -0.2) is 0 Å². The molecule has 1 N–H and O–H groups in total. The van der Waals surface area contributed by atoms with Crippen molar-refractivity contribution in [2.75, 3.05) is 0 Å². The first kappa shape index (κ1) is 19.5. The van der Waals surface area contributed by atoms with E-state index in [1.165, 1.54) is 71.2 Å². The molecule has 168 valence electrons. The molecule has 2 heterocycles. The average molecular weight is 459 g/mol. The number of benzene rings is 6. The highest BCUT2D eigenvalue weighted by molar-refractivity contribution is 6.21. The minimum atomic E-state index is 1.18. The highest BCUT2D eigenvalue weighted by Crippen LogP contribution is 2.40. The van der Waals surface area contributed by atoms with Gasteiger partial charge in [0, 0.05) is 38.1 Å². The van der Waals surface area contributed by atoms with Crippen molar-refractivity contribution >= 4 is 54.4 Å². The molecule has 2 heteroatoms. The van der Waals surface area contributed by atoms with Gasteiger partial charge in [-0.3, -0.25) is 0 Å². The third kappa shape index (κ3) is 2.67. The second-order valence-corrected chi connectivity index (χ2v) is 9.48. The Labute approximate surface area is 208 Å². The van der Waals surface area contributed by atoms with Crippen molar-refractivity contribution in [2.45, 2.75) is 0 Å². The number of nitrogens with one attached hydrogen (secondary N) is 1. The molecule has 8 aromatic rings. The predicted molar refractivity (Wildman–Crippen MR) is 153 cm³/mol. The smallest absolute Gasteiger partial charge is 0.0544 e. The van der Waals surface area contributed by atoms with E-state index in [0.717, 1.165) is 0 Å². The number of aromatic amines is 1. The zero-order valence-electron chi connectivity index (χ0n) is 19.6. The summed E-state index contributed by atoms with van der Waals surface area (Å²) in [6, 6.07) is 46.0. The van der Waals surface area contributed by atoms with Crippen molar-refractivity contribution in [3.63, 3.8) is 0 Å². The molecule has 0 aliphatic rings. The first-order valence-electron chi connectivity index (χ1n) is 12.4.